The number of amides is 3. The zero-order chi connectivity index (χ0) is 17.5. The van der Waals surface area contributed by atoms with Gasteiger partial charge in [-0.2, -0.15) is 0 Å². The first-order valence-electron chi connectivity index (χ1n) is 8.53. The van der Waals surface area contributed by atoms with Crippen molar-refractivity contribution in [2.45, 2.75) is 39.2 Å². The van der Waals surface area contributed by atoms with Crippen molar-refractivity contribution < 1.29 is 14.3 Å². The van der Waals surface area contributed by atoms with Gasteiger partial charge >= 0.3 is 6.03 Å². The topological polar surface area (TPSA) is 70.7 Å². The second kappa shape index (κ2) is 8.57. The van der Waals surface area contributed by atoms with Gasteiger partial charge in [0.2, 0.25) is 5.91 Å². The molecule has 6 nitrogen and oxygen atoms in total. The molecule has 1 heterocycles. The van der Waals surface area contributed by atoms with Crippen molar-refractivity contribution in [1.82, 2.24) is 10.2 Å². The first-order chi connectivity index (χ1) is 11.5. The SMILES string of the molecule is CC[C@H](C)NC(=O)[C@@H]1CCCN(C(=O)Nc2cccc(OC)c2)C1. The van der Waals surface area contributed by atoms with Crippen LogP contribution in [0, 0.1) is 5.92 Å². The molecule has 1 aliphatic rings. The normalized spacial score (nSPS) is 18.6. The summed E-state index contributed by atoms with van der Waals surface area (Å²) in [6.45, 7) is 5.16. The molecular formula is C18H27N3O3. The van der Waals surface area contributed by atoms with Crippen LogP contribution in [-0.2, 0) is 4.79 Å². The van der Waals surface area contributed by atoms with Crippen LogP contribution in [0.2, 0.25) is 0 Å². The lowest BCUT2D eigenvalue weighted by molar-refractivity contribution is -0.126. The monoisotopic (exact) mass is 333 g/mol. The van der Waals surface area contributed by atoms with E-state index in [4.69, 9.17) is 4.74 Å². The maximum atomic E-state index is 12.5. The van der Waals surface area contributed by atoms with Crippen molar-refractivity contribution in [1.29, 1.82) is 0 Å². The third-order valence-electron chi connectivity index (χ3n) is 4.40. The molecule has 0 unspecified atom stereocenters. The number of urea groups is 1. The fraction of sp³-hybridized carbons (Fsp3) is 0.556. The zero-order valence-electron chi connectivity index (χ0n) is 14.7. The summed E-state index contributed by atoms with van der Waals surface area (Å²) in [7, 11) is 1.59. The summed E-state index contributed by atoms with van der Waals surface area (Å²) in [5, 5.41) is 5.88. The third-order valence-corrected chi connectivity index (χ3v) is 4.40. The summed E-state index contributed by atoms with van der Waals surface area (Å²) in [6.07, 6.45) is 2.56. The van der Waals surface area contributed by atoms with Crippen molar-refractivity contribution in [2.75, 3.05) is 25.5 Å². The number of carbonyl (C=O) groups excluding carboxylic acids is 2. The van der Waals surface area contributed by atoms with Crippen LogP contribution in [0.15, 0.2) is 24.3 Å². The quantitative estimate of drug-likeness (QED) is 0.870. The van der Waals surface area contributed by atoms with Gasteiger partial charge in [0.05, 0.1) is 13.0 Å². The van der Waals surface area contributed by atoms with Crippen molar-refractivity contribution >= 4 is 17.6 Å². The number of rotatable bonds is 5. The summed E-state index contributed by atoms with van der Waals surface area (Å²) in [5.74, 6) is 0.601. The van der Waals surface area contributed by atoms with E-state index in [9.17, 15) is 9.59 Å². The highest BCUT2D eigenvalue weighted by Crippen LogP contribution is 2.20. The molecule has 132 valence electrons. The van der Waals surface area contributed by atoms with E-state index < -0.39 is 0 Å². The number of likely N-dealkylation sites (tertiary alicyclic amines) is 1. The van der Waals surface area contributed by atoms with Gasteiger partial charge in [-0.3, -0.25) is 4.79 Å². The Morgan fingerprint density at radius 3 is 2.92 bits per heavy atom. The van der Waals surface area contributed by atoms with Crippen LogP contribution in [-0.4, -0.2) is 43.1 Å². The minimum atomic E-state index is -0.177. The molecule has 1 fully saturated rings. The summed E-state index contributed by atoms with van der Waals surface area (Å²) in [4.78, 5) is 26.5. The average Bonchev–Trinajstić information content (AvgIpc) is 2.61. The lowest BCUT2D eigenvalue weighted by Crippen LogP contribution is -2.48. The smallest absolute Gasteiger partial charge is 0.321 e. The first-order valence-corrected chi connectivity index (χ1v) is 8.53. The van der Waals surface area contributed by atoms with Gasteiger partial charge in [0.1, 0.15) is 5.75 Å². The van der Waals surface area contributed by atoms with E-state index >= 15 is 0 Å². The number of nitrogens with zero attached hydrogens (tertiary/aromatic N) is 1. The Morgan fingerprint density at radius 1 is 1.42 bits per heavy atom. The van der Waals surface area contributed by atoms with Gasteiger partial charge in [0.25, 0.3) is 0 Å². The highest BCUT2D eigenvalue weighted by atomic mass is 16.5. The molecule has 1 aromatic carbocycles. The van der Waals surface area contributed by atoms with Crippen molar-refractivity contribution in [3.63, 3.8) is 0 Å². The second-order valence-electron chi connectivity index (χ2n) is 6.27. The van der Waals surface area contributed by atoms with Gasteiger partial charge in [-0.05, 0) is 38.3 Å². The molecule has 1 aliphatic heterocycles. The lowest BCUT2D eigenvalue weighted by Gasteiger charge is -2.32. The van der Waals surface area contributed by atoms with Gasteiger partial charge in [-0.1, -0.05) is 13.0 Å². The Balaban J connectivity index is 1.93. The van der Waals surface area contributed by atoms with Gasteiger partial charge in [0, 0.05) is 30.9 Å². The molecule has 24 heavy (non-hydrogen) atoms. The molecule has 1 saturated heterocycles. The van der Waals surface area contributed by atoms with Crippen LogP contribution in [0.5, 0.6) is 5.75 Å². The van der Waals surface area contributed by atoms with Gasteiger partial charge < -0.3 is 20.3 Å². The molecule has 0 saturated carbocycles. The van der Waals surface area contributed by atoms with Gasteiger partial charge in [-0.25, -0.2) is 4.79 Å². The number of methoxy groups -OCH3 is 1. The summed E-state index contributed by atoms with van der Waals surface area (Å²) in [5.41, 5.74) is 0.686. The number of nitrogens with one attached hydrogen (secondary N) is 2. The molecule has 0 radical (unpaired) electrons. The Bertz CT molecular complexity index is 576. The molecule has 6 heteroatoms. The van der Waals surface area contributed by atoms with Crippen molar-refractivity contribution in [3.05, 3.63) is 24.3 Å². The van der Waals surface area contributed by atoms with E-state index in [1.165, 1.54) is 0 Å². The number of anilines is 1. The first kappa shape index (κ1) is 18.1. The molecule has 2 atom stereocenters. The third kappa shape index (κ3) is 4.88. The highest BCUT2D eigenvalue weighted by molar-refractivity contribution is 5.90. The molecule has 3 amide bonds. The van der Waals surface area contributed by atoms with Crippen LogP contribution in [0.1, 0.15) is 33.1 Å². The van der Waals surface area contributed by atoms with Crippen LogP contribution in [0.3, 0.4) is 0 Å². The minimum absolute atomic E-state index is 0.0447. The number of ether oxygens (including phenoxy) is 1. The van der Waals surface area contributed by atoms with E-state index in [1.54, 1.807) is 18.1 Å². The molecule has 2 rings (SSSR count). The summed E-state index contributed by atoms with van der Waals surface area (Å²) >= 11 is 0. The second-order valence-corrected chi connectivity index (χ2v) is 6.27. The fourth-order valence-electron chi connectivity index (χ4n) is 2.74. The number of piperidine rings is 1. The van der Waals surface area contributed by atoms with E-state index in [2.05, 4.69) is 10.6 Å². The molecule has 0 aliphatic carbocycles. The summed E-state index contributed by atoms with van der Waals surface area (Å²) < 4.78 is 5.16. The van der Waals surface area contributed by atoms with Crippen molar-refractivity contribution in [2.24, 2.45) is 5.92 Å². The predicted molar refractivity (Wildman–Crippen MR) is 94.2 cm³/mol. The molecule has 0 spiro atoms. The maximum absolute atomic E-state index is 12.5. The highest BCUT2D eigenvalue weighted by Gasteiger charge is 2.28. The number of hydrogen-bond donors (Lipinski definition) is 2. The lowest BCUT2D eigenvalue weighted by atomic mass is 9.97. The van der Waals surface area contributed by atoms with Crippen LogP contribution >= 0.6 is 0 Å². The van der Waals surface area contributed by atoms with E-state index in [1.807, 2.05) is 32.0 Å². The zero-order valence-corrected chi connectivity index (χ0v) is 14.7. The molecule has 0 bridgehead atoms. The Labute approximate surface area is 143 Å². The Hall–Kier alpha value is -2.24. The maximum Gasteiger partial charge on any atom is 0.321 e. The summed E-state index contributed by atoms with van der Waals surface area (Å²) in [6, 6.07) is 7.23. The van der Waals surface area contributed by atoms with Crippen LogP contribution in [0.4, 0.5) is 10.5 Å². The van der Waals surface area contributed by atoms with E-state index in [0.29, 0.717) is 24.5 Å². The molecule has 0 aromatic heterocycles. The van der Waals surface area contributed by atoms with Crippen LogP contribution < -0.4 is 15.4 Å². The van der Waals surface area contributed by atoms with Crippen LogP contribution in [0.25, 0.3) is 0 Å². The fourth-order valence-corrected chi connectivity index (χ4v) is 2.74. The standard InChI is InChI=1S/C18H27N3O3/c1-4-13(2)19-17(22)14-7-6-10-21(12-14)18(23)20-15-8-5-9-16(11-15)24-3/h5,8-9,11,13-14H,4,6-7,10,12H2,1-3H3,(H,19,22)(H,20,23)/t13-,14+/m0/s1. The number of benzene rings is 1. The Kier molecular flexibility index (Phi) is 6.46. The van der Waals surface area contributed by atoms with Gasteiger partial charge in [0.15, 0.2) is 0 Å². The largest absolute Gasteiger partial charge is 0.497 e. The number of hydrogen-bond acceptors (Lipinski definition) is 3. The number of carbonyl (C=O) groups is 2. The molecule has 1 aromatic rings. The van der Waals surface area contributed by atoms with E-state index in [0.717, 1.165) is 19.3 Å². The molecular weight excluding hydrogens is 306 g/mol. The van der Waals surface area contributed by atoms with E-state index in [-0.39, 0.29) is 23.9 Å². The van der Waals surface area contributed by atoms with Gasteiger partial charge in [-0.15, -0.1) is 0 Å². The molecule has 2 N–H and O–H groups in total. The minimum Gasteiger partial charge on any atom is -0.497 e. The van der Waals surface area contributed by atoms with Crippen molar-refractivity contribution in [3.8, 4) is 5.75 Å². The average molecular weight is 333 g/mol. The Morgan fingerprint density at radius 2 is 2.21 bits per heavy atom. The predicted octanol–water partition coefficient (Wildman–Crippen LogP) is 2.85.